The van der Waals surface area contributed by atoms with Gasteiger partial charge in [0.2, 0.25) is 0 Å². The van der Waals surface area contributed by atoms with Crippen LogP contribution in [0.2, 0.25) is 0 Å². The molecule has 1 aromatic heterocycles. The predicted octanol–water partition coefficient (Wildman–Crippen LogP) is 4.29. The van der Waals surface area contributed by atoms with E-state index in [2.05, 4.69) is 5.32 Å². The Kier molecular flexibility index (Phi) is 7.05. The SMILES string of the molecule is CNC(=O)c1c2cc(C3CC3)c(N(CCO)[S+](C)[O-])cc2nn1-c1ccc(Oc2ccc(F)cc2)cc1. The number of anilines is 1. The molecule has 0 spiro atoms. The van der Waals surface area contributed by atoms with Gasteiger partial charge in [-0.3, -0.25) is 4.79 Å². The van der Waals surface area contributed by atoms with Crippen molar-refractivity contribution in [1.82, 2.24) is 15.1 Å². The number of aliphatic hydroxyl groups excluding tert-OH is 1. The topological polar surface area (TPSA) is 103 Å². The maximum atomic E-state index is 13.2. The quantitative estimate of drug-likeness (QED) is 0.318. The van der Waals surface area contributed by atoms with E-state index in [1.807, 2.05) is 12.1 Å². The molecule has 8 nitrogen and oxygen atoms in total. The molecule has 0 bridgehead atoms. The number of ether oxygens (including phenoxy) is 1. The molecule has 1 aliphatic carbocycles. The monoisotopic (exact) mass is 522 g/mol. The zero-order valence-electron chi connectivity index (χ0n) is 20.5. The predicted molar refractivity (Wildman–Crippen MR) is 141 cm³/mol. The number of nitrogens with zero attached hydrogens (tertiary/aromatic N) is 3. The Bertz CT molecular complexity index is 1420. The Morgan fingerprint density at radius 1 is 1.19 bits per heavy atom. The number of amides is 1. The summed E-state index contributed by atoms with van der Waals surface area (Å²) < 4.78 is 34.7. The molecular formula is C27H27FN4O4S. The molecule has 4 aromatic rings. The summed E-state index contributed by atoms with van der Waals surface area (Å²) in [4.78, 5) is 13.0. The lowest BCUT2D eigenvalue weighted by Crippen LogP contribution is -2.33. The first-order chi connectivity index (χ1) is 17.9. The number of hydrogen-bond acceptors (Lipinski definition) is 6. The van der Waals surface area contributed by atoms with Crippen molar-refractivity contribution in [2.75, 3.05) is 30.8 Å². The van der Waals surface area contributed by atoms with Gasteiger partial charge in [0.25, 0.3) is 5.91 Å². The molecule has 192 valence electrons. The summed E-state index contributed by atoms with van der Waals surface area (Å²) in [7, 11) is 1.57. The summed E-state index contributed by atoms with van der Waals surface area (Å²) in [5.74, 6) is 0.749. The largest absolute Gasteiger partial charge is 0.593 e. The maximum Gasteiger partial charge on any atom is 0.270 e. The van der Waals surface area contributed by atoms with Gasteiger partial charge in [-0.25, -0.2) is 9.07 Å². The molecule has 1 aliphatic rings. The van der Waals surface area contributed by atoms with Crippen molar-refractivity contribution in [3.05, 3.63) is 77.7 Å². The van der Waals surface area contributed by atoms with E-state index in [0.29, 0.717) is 39.7 Å². The molecule has 5 rings (SSSR count). The van der Waals surface area contributed by atoms with Crippen molar-refractivity contribution < 1.29 is 23.6 Å². The molecule has 0 saturated heterocycles. The first-order valence-corrected chi connectivity index (χ1v) is 13.5. The smallest absolute Gasteiger partial charge is 0.270 e. The van der Waals surface area contributed by atoms with Crippen LogP contribution in [0.5, 0.6) is 11.5 Å². The molecule has 1 amide bonds. The van der Waals surface area contributed by atoms with Gasteiger partial charge in [0.1, 0.15) is 29.3 Å². The lowest BCUT2D eigenvalue weighted by Gasteiger charge is -2.25. The Balaban J connectivity index is 1.58. The summed E-state index contributed by atoms with van der Waals surface area (Å²) in [5, 5.41) is 17.7. The van der Waals surface area contributed by atoms with Crippen LogP contribution in [0.15, 0.2) is 60.7 Å². The molecule has 1 fully saturated rings. The van der Waals surface area contributed by atoms with Crippen LogP contribution in [0.25, 0.3) is 16.6 Å². The van der Waals surface area contributed by atoms with Crippen molar-refractivity contribution in [1.29, 1.82) is 0 Å². The molecular weight excluding hydrogens is 495 g/mol. The third-order valence-electron chi connectivity index (χ3n) is 6.29. The number of aliphatic hydroxyl groups is 1. The van der Waals surface area contributed by atoms with Gasteiger partial charge >= 0.3 is 0 Å². The van der Waals surface area contributed by atoms with Crippen LogP contribution >= 0.6 is 0 Å². The van der Waals surface area contributed by atoms with Gasteiger partial charge in [-0.1, -0.05) is 0 Å². The van der Waals surface area contributed by atoms with Gasteiger partial charge in [0.05, 0.1) is 41.4 Å². The van der Waals surface area contributed by atoms with Gasteiger partial charge in [-0.2, -0.15) is 9.40 Å². The Hall–Kier alpha value is -3.60. The highest BCUT2D eigenvalue weighted by atomic mass is 32.2. The van der Waals surface area contributed by atoms with Crippen LogP contribution in [-0.2, 0) is 11.4 Å². The second-order valence-corrected chi connectivity index (χ2v) is 10.1. The Morgan fingerprint density at radius 3 is 2.41 bits per heavy atom. The van der Waals surface area contributed by atoms with Crippen LogP contribution < -0.4 is 14.4 Å². The van der Waals surface area contributed by atoms with Crippen molar-refractivity contribution in [2.45, 2.75) is 18.8 Å². The van der Waals surface area contributed by atoms with E-state index in [9.17, 15) is 18.8 Å². The zero-order valence-corrected chi connectivity index (χ0v) is 21.3. The molecule has 3 aromatic carbocycles. The minimum atomic E-state index is -1.34. The van der Waals surface area contributed by atoms with Crippen molar-refractivity contribution >= 4 is 33.9 Å². The van der Waals surface area contributed by atoms with E-state index < -0.39 is 11.4 Å². The van der Waals surface area contributed by atoms with Crippen LogP contribution in [0.3, 0.4) is 0 Å². The highest BCUT2D eigenvalue weighted by Gasteiger charge is 2.32. The number of halogens is 1. The van der Waals surface area contributed by atoms with E-state index in [0.717, 1.165) is 24.1 Å². The molecule has 1 unspecified atom stereocenters. The number of hydrogen-bond donors (Lipinski definition) is 2. The van der Waals surface area contributed by atoms with Crippen molar-refractivity contribution in [3.8, 4) is 17.2 Å². The standard InChI is InChI=1S/C27H27FN4O4S/c1-29-27(34)26-23-15-22(17-3-4-17)25(31(13-14-33)37(2)35)16-24(23)30-32(26)19-7-11-21(12-8-19)36-20-9-5-18(28)6-10-20/h5-12,15-17,33H,3-4,13-14H2,1-2H3,(H,29,34). The lowest BCUT2D eigenvalue weighted by molar-refractivity contribution is 0.0957. The number of rotatable bonds is 9. The van der Waals surface area contributed by atoms with Gasteiger partial charge in [0, 0.05) is 12.4 Å². The minimum absolute atomic E-state index is 0.133. The van der Waals surface area contributed by atoms with Gasteiger partial charge in [-0.05, 0) is 85.0 Å². The summed E-state index contributed by atoms with van der Waals surface area (Å²) in [6, 6.07) is 16.7. The fourth-order valence-electron chi connectivity index (χ4n) is 4.37. The average molecular weight is 523 g/mol. The van der Waals surface area contributed by atoms with Crippen molar-refractivity contribution in [2.24, 2.45) is 0 Å². The van der Waals surface area contributed by atoms with E-state index in [4.69, 9.17) is 9.84 Å². The molecule has 10 heteroatoms. The first kappa shape index (κ1) is 25.1. The number of fused-ring (bicyclic) bond motifs is 1. The van der Waals surface area contributed by atoms with Crippen LogP contribution in [0.1, 0.15) is 34.8 Å². The number of aromatic nitrogens is 2. The summed E-state index contributed by atoms with van der Waals surface area (Å²) >= 11 is -1.34. The van der Waals surface area contributed by atoms with Gasteiger partial charge < -0.3 is 19.7 Å². The molecule has 2 N–H and O–H groups in total. The lowest BCUT2D eigenvalue weighted by atomic mass is 10.0. The van der Waals surface area contributed by atoms with E-state index in [-0.39, 0.29) is 24.9 Å². The fraction of sp³-hybridized carbons (Fsp3) is 0.259. The van der Waals surface area contributed by atoms with Gasteiger partial charge in [-0.15, -0.1) is 0 Å². The molecule has 1 atom stereocenters. The number of carbonyl (C=O) groups is 1. The number of carbonyl (C=O) groups excluding carboxylic acids is 1. The third-order valence-corrected chi connectivity index (χ3v) is 7.29. The summed E-state index contributed by atoms with van der Waals surface area (Å²) in [6.45, 7) is 0.0961. The highest BCUT2D eigenvalue weighted by molar-refractivity contribution is 7.92. The molecule has 0 aliphatic heterocycles. The molecule has 1 heterocycles. The zero-order chi connectivity index (χ0) is 26.1. The second kappa shape index (κ2) is 10.4. The van der Waals surface area contributed by atoms with Crippen LogP contribution in [-0.4, -0.2) is 51.8 Å². The van der Waals surface area contributed by atoms with E-state index in [1.165, 1.54) is 12.1 Å². The fourth-order valence-corrected chi connectivity index (χ4v) is 5.15. The Morgan fingerprint density at radius 2 is 1.84 bits per heavy atom. The normalized spacial score (nSPS) is 14.0. The maximum absolute atomic E-state index is 13.2. The third kappa shape index (κ3) is 5.13. The average Bonchev–Trinajstić information content (AvgIpc) is 3.68. The first-order valence-electron chi connectivity index (χ1n) is 11.9. The number of benzene rings is 3. The second-order valence-electron chi connectivity index (χ2n) is 8.84. The molecule has 37 heavy (non-hydrogen) atoms. The van der Waals surface area contributed by atoms with Gasteiger partial charge in [0.15, 0.2) is 0 Å². The highest BCUT2D eigenvalue weighted by Crippen LogP contribution is 2.46. The molecule has 0 radical (unpaired) electrons. The molecule has 1 saturated carbocycles. The van der Waals surface area contributed by atoms with Crippen LogP contribution in [0, 0.1) is 5.82 Å². The Labute approximate surface area is 217 Å². The minimum Gasteiger partial charge on any atom is -0.593 e. The van der Waals surface area contributed by atoms with Crippen LogP contribution in [0.4, 0.5) is 10.1 Å². The number of nitrogens with one attached hydrogen (secondary N) is 1. The summed E-state index contributed by atoms with van der Waals surface area (Å²) in [6.07, 6.45) is 3.61. The van der Waals surface area contributed by atoms with E-state index >= 15 is 0 Å². The van der Waals surface area contributed by atoms with E-state index in [1.54, 1.807) is 58.7 Å². The summed E-state index contributed by atoms with van der Waals surface area (Å²) in [5.41, 5.74) is 3.40. The van der Waals surface area contributed by atoms with Crippen molar-refractivity contribution in [3.63, 3.8) is 0 Å².